The van der Waals surface area contributed by atoms with Gasteiger partial charge in [-0.3, -0.25) is 4.90 Å². The highest BCUT2D eigenvalue weighted by molar-refractivity contribution is 5.33. The molecule has 2 aromatic rings. The van der Waals surface area contributed by atoms with Crippen molar-refractivity contribution in [2.75, 3.05) is 6.54 Å². The first-order chi connectivity index (χ1) is 10.1. The molecule has 2 aromatic carbocycles. The molecule has 21 heavy (non-hydrogen) atoms. The summed E-state index contributed by atoms with van der Waals surface area (Å²) in [5.41, 5.74) is 1.82. The Morgan fingerprint density at radius 1 is 0.810 bits per heavy atom. The van der Waals surface area contributed by atoms with Crippen LogP contribution in [0.4, 0.5) is 0 Å². The van der Waals surface area contributed by atoms with Gasteiger partial charge in [0, 0.05) is 30.8 Å². The van der Waals surface area contributed by atoms with Gasteiger partial charge in [-0.05, 0) is 18.1 Å². The largest absolute Gasteiger partial charge is 0.508 e. The predicted molar refractivity (Wildman–Crippen MR) is 85.2 cm³/mol. The van der Waals surface area contributed by atoms with E-state index < -0.39 is 0 Å². The summed E-state index contributed by atoms with van der Waals surface area (Å²) < 4.78 is 0. The van der Waals surface area contributed by atoms with Gasteiger partial charge in [0.2, 0.25) is 0 Å². The van der Waals surface area contributed by atoms with E-state index in [1.165, 1.54) is 0 Å². The molecule has 0 heterocycles. The minimum absolute atomic E-state index is 0.323. The van der Waals surface area contributed by atoms with E-state index >= 15 is 0 Å². The van der Waals surface area contributed by atoms with Gasteiger partial charge in [-0.15, -0.1) is 0 Å². The Labute approximate surface area is 126 Å². The van der Waals surface area contributed by atoms with E-state index in [0.717, 1.165) is 17.7 Å². The number of aromatic hydroxyl groups is 2. The summed E-state index contributed by atoms with van der Waals surface area (Å²) in [5, 5.41) is 19.9. The Balaban J connectivity index is 2.15. The van der Waals surface area contributed by atoms with Gasteiger partial charge in [-0.25, -0.2) is 0 Å². The molecule has 0 unspecified atom stereocenters. The lowest BCUT2D eigenvalue weighted by Gasteiger charge is -2.25. The molecular weight excluding hydrogens is 262 g/mol. The van der Waals surface area contributed by atoms with Gasteiger partial charge >= 0.3 is 0 Å². The molecule has 0 aliphatic carbocycles. The maximum absolute atomic E-state index is 9.94. The summed E-state index contributed by atoms with van der Waals surface area (Å²) in [5.74, 6) is 1.16. The van der Waals surface area contributed by atoms with Crippen molar-refractivity contribution < 1.29 is 10.2 Å². The number of nitrogens with zero attached hydrogens (tertiary/aromatic N) is 1. The van der Waals surface area contributed by atoms with E-state index in [4.69, 9.17) is 0 Å². The van der Waals surface area contributed by atoms with Crippen LogP contribution in [0.3, 0.4) is 0 Å². The molecule has 0 radical (unpaired) electrons. The Hall–Kier alpha value is -2.00. The molecule has 0 fully saturated rings. The van der Waals surface area contributed by atoms with Crippen molar-refractivity contribution in [2.24, 2.45) is 5.92 Å². The van der Waals surface area contributed by atoms with E-state index in [1.54, 1.807) is 12.1 Å². The molecule has 0 aliphatic rings. The monoisotopic (exact) mass is 285 g/mol. The van der Waals surface area contributed by atoms with Crippen LogP contribution < -0.4 is 0 Å². The van der Waals surface area contributed by atoms with Crippen LogP contribution in [0, 0.1) is 5.92 Å². The maximum Gasteiger partial charge on any atom is 0.120 e. The van der Waals surface area contributed by atoms with Gasteiger partial charge < -0.3 is 10.2 Å². The smallest absolute Gasteiger partial charge is 0.120 e. The van der Waals surface area contributed by atoms with E-state index in [2.05, 4.69) is 18.7 Å². The topological polar surface area (TPSA) is 43.7 Å². The van der Waals surface area contributed by atoms with Gasteiger partial charge in [0.1, 0.15) is 11.5 Å². The highest BCUT2D eigenvalue weighted by Crippen LogP contribution is 2.22. The molecule has 3 heteroatoms. The zero-order valence-corrected chi connectivity index (χ0v) is 12.7. The molecule has 112 valence electrons. The third-order valence-corrected chi connectivity index (χ3v) is 3.39. The van der Waals surface area contributed by atoms with Gasteiger partial charge in [-0.1, -0.05) is 50.2 Å². The quantitative estimate of drug-likeness (QED) is 0.849. The summed E-state index contributed by atoms with van der Waals surface area (Å²) >= 11 is 0. The molecule has 3 nitrogen and oxygen atoms in total. The van der Waals surface area contributed by atoms with Crippen molar-refractivity contribution in [1.29, 1.82) is 0 Å². The molecule has 0 amide bonds. The molecule has 0 saturated heterocycles. The second-order valence-corrected chi connectivity index (χ2v) is 5.82. The summed E-state index contributed by atoms with van der Waals surface area (Å²) in [6.45, 7) is 6.58. The normalized spacial score (nSPS) is 11.2. The number of phenols is 2. The maximum atomic E-state index is 9.94. The van der Waals surface area contributed by atoms with Crippen LogP contribution in [-0.2, 0) is 13.1 Å². The van der Waals surface area contributed by atoms with Gasteiger partial charge in [-0.2, -0.15) is 0 Å². The van der Waals surface area contributed by atoms with Crippen molar-refractivity contribution in [3.8, 4) is 11.5 Å². The van der Waals surface area contributed by atoms with Crippen LogP contribution in [0.25, 0.3) is 0 Å². The number of phenolic OH excluding ortho intramolecular Hbond substituents is 2. The summed E-state index contributed by atoms with van der Waals surface area (Å²) in [6, 6.07) is 14.8. The van der Waals surface area contributed by atoms with Crippen molar-refractivity contribution in [1.82, 2.24) is 4.90 Å². The average molecular weight is 285 g/mol. The second-order valence-electron chi connectivity index (χ2n) is 5.82. The van der Waals surface area contributed by atoms with E-state index in [-0.39, 0.29) is 0 Å². The standard InChI is InChI=1S/C18H23NO2/c1-14(2)11-19(12-15-7-3-5-9-17(15)20)13-16-8-4-6-10-18(16)21/h3-10,14,20-21H,11-13H2,1-2H3. The predicted octanol–water partition coefficient (Wildman–Crippen LogP) is 3.76. The van der Waals surface area contributed by atoms with E-state index in [0.29, 0.717) is 30.5 Å². The molecule has 2 N–H and O–H groups in total. The van der Waals surface area contributed by atoms with Crippen molar-refractivity contribution >= 4 is 0 Å². The Morgan fingerprint density at radius 2 is 1.24 bits per heavy atom. The van der Waals surface area contributed by atoms with Crippen LogP contribution in [-0.4, -0.2) is 21.7 Å². The summed E-state index contributed by atoms with van der Waals surface area (Å²) in [6.07, 6.45) is 0. The number of benzene rings is 2. The third-order valence-electron chi connectivity index (χ3n) is 3.39. The van der Waals surface area contributed by atoms with Crippen molar-refractivity contribution in [3.05, 3.63) is 59.7 Å². The summed E-state index contributed by atoms with van der Waals surface area (Å²) in [4.78, 5) is 2.24. The molecule has 0 aromatic heterocycles. The van der Waals surface area contributed by atoms with Gasteiger partial charge in [0.05, 0.1) is 0 Å². The number of hydrogen-bond donors (Lipinski definition) is 2. The van der Waals surface area contributed by atoms with E-state index in [1.807, 2.05) is 36.4 Å². The molecule has 0 saturated carbocycles. The number of rotatable bonds is 6. The van der Waals surface area contributed by atoms with E-state index in [9.17, 15) is 10.2 Å². The zero-order valence-electron chi connectivity index (χ0n) is 12.7. The van der Waals surface area contributed by atoms with Crippen LogP contribution in [0.5, 0.6) is 11.5 Å². The number of para-hydroxylation sites is 2. The average Bonchev–Trinajstić information content (AvgIpc) is 2.43. The first kappa shape index (κ1) is 15.4. The van der Waals surface area contributed by atoms with Crippen molar-refractivity contribution in [3.63, 3.8) is 0 Å². The minimum Gasteiger partial charge on any atom is -0.508 e. The fourth-order valence-corrected chi connectivity index (χ4v) is 2.47. The highest BCUT2D eigenvalue weighted by atomic mass is 16.3. The summed E-state index contributed by atoms with van der Waals surface area (Å²) in [7, 11) is 0. The van der Waals surface area contributed by atoms with Crippen molar-refractivity contribution in [2.45, 2.75) is 26.9 Å². The molecular formula is C18H23NO2. The first-order valence-electron chi connectivity index (χ1n) is 7.32. The molecule has 2 rings (SSSR count). The third kappa shape index (κ3) is 4.50. The lowest BCUT2D eigenvalue weighted by molar-refractivity contribution is 0.222. The Kier molecular flexibility index (Phi) is 5.23. The zero-order chi connectivity index (χ0) is 15.2. The van der Waals surface area contributed by atoms with Gasteiger partial charge in [0.25, 0.3) is 0 Å². The SMILES string of the molecule is CC(C)CN(Cc1ccccc1O)Cc1ccccc1O. The van der Waals surface area contributed by atoms with Crippen LogP contribution >= 0.6 is 0 Å². The lowest BCUT2D eigenvalue weighted by Crippen LogP contribution is -2.27. The first-order valence-corrected chi connectivity index (χ1v) is 7.32. The molecule has 0 spiro atoms. The lowest BCUT2D eigenvalue weighted by atomic mass is 10.1. The second kappa shape index (κ2) is 7.14. The van der Waals surface area contributed by atoms with Crippen LogP contribution in [0.15, 0.2) is 48.5 Å². The fourth-order valence-electron chi connectivity index (χ4n) is 2.47. The fraction of sp³-hybridized carbons (Fsp3) is 0.333. The van der Waals surface area contributed by atoms with Crippen LogP contribution in [0.1, 0.15) is 25.0 Å². The minimum atomic E-state index is 0.323. The highest BCUT2D eigenvalue weighted by Gasteiger charge is 2.13. The van der Waals surface area contributed by atoms with Crippen LogP contribution in [0.2, 0.25) is 0 Å². The molecule has 0 atom stereocenters. The Bertz CT molecular complexity index is 533. The molecule has 0 aliphatic heterocycles. The number of hydrogen-bond acceptors (Lipinski definition) is 3. The Morgan fingerprint density at radius 3 is 1.62 bits per heavy atom. The van der Waals surface area contributed by atoms with Gasteiger partial charge in [0.15, 0.2) is 0 Å². The molecule has 0 bridgehead atoms.